The molecule has 2 atom stereocenters. The zero-order valence-electron chi connectivity index (χ0n) is 12.9. The average Bonchev–Trinajstić information content (AvgIpc) is 2.41. The molecule has 0 aliphatic heterocycles. The van der Waals surface area contributed by atoms with E-state index in [0.717, 1.165) is 0 Å². The maximum Gasteiger partial charge on any atom is 0.423 e. The molecule has 0 saturated carbocycles. The molecule has 132 valence electrons. The molecule has 1 amide bonds. The second-order valence-electron chi connectivity index (χ2n) is 4.85. The van der Waals surface area contributed by atoms with Crippen molar-refractivity contribution in [3.8, 4) is 0 Å². The number of hydrogen-bond acceptors (Lipinski definition) is 6. The van der Waals surface area contributed by atoms with Crippen LogP contribution in [0.15, 0.2) is 0 Å². The van der Waals surface area contributed by atoms with Crippen LogP contribution in [0, 0.1) is 5.41 Å². The highest BCUT2D eigenvalue weighted by Gasteiger charge is 2.46. The number of carbonyl (C=O) groups is 3. The summed E-state index contributed by atoms with van der Waals surface area (Å²) in [6.07, 6.45) is -8.32. The molecule has 0 saturated heterocycles. The van der Waals surface area contributed by atoms with Crippen LogP contribution in [0.5, 0.6) is 0 Å². The quantitative estimate of drug-likeness (QED) is 0.481. The van der Waals surface area contributed by atoms with Gasteiger partial charge in [0.2, 0.25) is 6.10 Å². The minimum atomic E-state index is -4.95. The number of alkyl halides is 3. The third-order valence-corrected chi connectivity index (χ3v) is 2.56. The van der Waals surface area contributed by atoms with Crippen LogP contribution < -0.4 is 5.32 Å². The van der Waals surface area contributed by atoms with Gasteiger partial charge < -0.3 is 20.2 Å². The van der Waals surface area contributed by atoms with Crippen molar-refractivity contribution in [2.75, 3.05) is 7.11 Å². The molecule has 0 bridgehead atoms. The number of nitrogens with one attached hydrogen (secondary N) is 2. The van der Waals surface area contributed by atoms with Gasteiger partial charge in [0.1, 0.15) is 6.04 Å². The molecule has 2 N–H and O–H groups in total. The van der Waals surface area contributed by atoms with Gasteiger partial charge in [-0.25, -0.2) is 4.79 Å². The minimum Gasteiger partial charge on any atom is -0.461 e. The number of esters is 1. The van der Waals surface area contributed by atoms with Crippen molar-refractivity contribution in [2.45, 2.75) is 51.1 Å². The predicted molar refractivity (Wildman–Crippen MR) is 73.0 cm³/mol. The Balaban J connectivity index is 5.04. The Morgan fingerprint density at radius 3 is 2.22 bits per heavy atom. The molecular weight excluding hydrogens is 321 g/mol. The highest BCUT2D eigenvalue weighted by molar-refractivity contribution is 6.26. The van der Waals surface area contributed by atoms with Crippen LogP contribution in [0.4, 0.5) is 13.2 Å². The number of ketones is 1. The van der Waals surface area contributed by atoms with Crippen LogP contribution in [-0.4, -0.2) is 55.4 Å². The summed E-state index contributed by atoms with van der Waals surface area (Å²) in [6, 6.07) is -1.45. The molecule has 0 aromatic rings. The standard InChI is InChI=1S/C13H19F3N2O5/c1-7(2)23-12(21)9(5-4-8(19)6-17)18-11(20)10(22-3)13(14,15)16/h6-7,9-10,17H,4-5H2,1-3H3,(H,18,20)/t9-,10+/m0/s1. The molecule has 10 heteroatoms. The zero-order valence-corrected chi connectivity index (χ0v) is 12.9. The second kappa shape index (κ2) is 9.23. The van der Waals surface area contributed by atoms with E-state index >= 15 is 0 Å². The van der Waals surface area contributed by atoms with E-state index in [4.69, 9.17) is 10.1 Å². The van der Waals surface area contributed by atoms with Gasteiger partial charge in [0, 0.05) is 13.5 Å². The van der Waals surface area contributed by atoms with Gasteiger partial charge in [-0.3, -0.25) is 9.59 Å². The summed E-state index contributed by atoms with van der Waals surface area (Å²) in [4.78, 5) is 34.5. The molecule has 7 nitrogen and oxygen atoms in total. The van der Waals surface area contributed by atoms with Gasteiger partial charge in [0.25, 0.3) is 5.91 Å². The number of Topliss-reactive ketones (excluding diaryl/α,β-unsaturated/α-hetero) is 1. The van der Waals surface area contributed by atoms with Gasteiger partial charge in [-0.1, -0.05) is 0 Å². The van der Waals surface area contributed by atoms with E-state index in [1.165, 1.54) is 13.8 Å². The minimum absolute atomic E-state index is 0.292. The van der Waals surface area contributed by atoms with Crippen LogP contribution in [0.1, 0.15) is 26.7 Å². The monoisotopic (exact) mass is 340 g/mol. The molecule has 0 spiro atoms. The van der Waals surface area contributed by atoms with Crippen molar-refractivity contribution in [3.63, 3.8) is 0 Å². The van der Waals surface area contributed by atoms with E-state index in [9.17, 15) is 27.6 Å². The Bertz CT molecular complexity index is 451. The molecule has 0 radical (unpaired) electrons. The van der Waals surface area contributed by atoms with Crippen molar-refractivity contribution < 1.29 is 37.0 Å². The van der Waals surface area contributed by atoms with E-state index in [2.05, 4.69) is 4.74 Å². The van der Waals surface area contributed by atoms with Gasteiger partial charge >= 0.3 is 12.1 Å². The van der Waals surface area contributed by atoms with Crippen LogP contribution in [-0.2, 0) is 23.9 Å². The fraction of sp³-hybridized carbons (Fsp3) is 0.692. The van der Waals surface area contributed by atoms with E-state index < -0.39 is 42.1 Å². The third-order valence-electron chi connectivity index (χ3n) is 2.56. The molecule has 0 heterocycles. The Labute approximate surface area is 131 Å². The van der Waals surface area contributed by atoms with Crippen LogP contribution in [0.2, 0.25) is 0 Å². The molecular formula is C13H19F3N2O5. The lowest BCUT2D eigenvalue weighted by Gasteiger charge is -2.23. The lowest BCUT2D eigenvalue weighted by atomic mass is 10.1. The Morgan fingerprint density at radius 2 is 1.83 bits per heavy atom. The van der Waals surface area contributed by atoms with Crippen LogP contribution in [0.3, 0.4) is 0 Å². The molecule has 0 rings (SSSR count). The van der Waals surface area contributed by atoms with E-state index in [1.54, 1.807) is 0 Å². The number of hydrogen-bond donors (Lipinski definition) is 2. The zero-order chi connectivity index (χ0) is 18.2. The molecule has 0 aromatic carbocycles. The first-order chi connectivity index (χ1) is 10.5. The number of halogens is 3. The van der Waals surface area contributed by atoms with E-state index in [0.29, 0.717) is 13.3 Å². The first-order valence-electron chi connectivity index (χ1n) is 6.66. The topological polar surface area (TPSA) is 106 Å². The van der Waals surface area contributed by atoms with Gasteiger partial charge in [-0.2, -0.15) is 13.2 Å². The lowest BCUT2D eigenvalue weighted by molar-refractivity contribution is -0.212. The van der Waals surface area contributed by atoms with Gasteiger partial charge in [-0.15, -0.1) is 0 Å². The third kappa shape index (κ3) is 7.73. The maximum atomic E-state index is 12.6. The summed E-state index contributed by atoms with van der Waals surface area (Å²) in [7, 11) is 0.706. The Hall–Kier alpha value is -1.97. The van der Waals surface area contributed by atoms with Gasteiger partial charge in [0.05, 0.1) is 12.3 Å². The highest BCUT2D eigenvalue weighted by atomic mass is 19.4. The smallest absolute Gasteiger partial charge is 0.423 e. The van der Waals surface area contributed by atoms with Crippen LogP contribution in [0.25, 0.3) is 0 Å². The fourth-order valence-corrected chi connectivity index (χ4v) is 1.56. The molecule has 0 aliphatic carbocycles. The second-order valence-corrected chi connectivity index (χ2v) is 4.85. The molecule has 0 aromatic heterocycles. The van der Waals surface area contributed by atoms with E-state index in [-0.39, 0.29) is 12.8 Å². The van der Waals surface area contributed by atoms with Crippen molar-refractivity contribution in [1.82, 2.24) is 5.32 Å². The first kappa shape index (κ1) is 21.0. The number of ether oxygens (including phenoxy) is 2. The molecule has 0 fully saturated rings. The summed E-state index contributed by atoms with van der Waals surface area (Å²) < 4.78 is 46.8. The SMILES string of the molecule is CO[C@H](C(=O)N[C@@H](CCC(=O)C=N)C(=O)OC(C)C)C(F)(F)F. The average molecular weight is 340 g/mol. The van der Waals surface area contributed by atoms with Crippen molar-refractivity contribution in [2.24, 2.45) is 0 Å². The summed E-state index contributed by atoms with van der Waals surface area (Å²) in [5, 5.41) is 8.62. The number of amides is 1. The summed E-state index contributed by atoms with van der Waals surface area (Å²) in [5.74, 6) is -3.17. The maximum absolute atomic E-state index is 12.6. The number of rotatable bonds is 9. The van der Waals surface area contributed by atoms with Crippen molar-refractivity contribution in [1.29, 1.82) is 5.41 Å². The number of carbonyl (C=O) groups excluding carboxylic acids is 3. The highest BCUT2D eigenvalue weighted by Crippen LogP contribution is 2.22. The van der Waals surface area contributed by atoms with E-state index in [1.807, 2.05) is 5.32 Å². The predicted octanol–water partition coefficient (Wildman–Crippen LogP) is 0.999. The molecule has 0 aliphatic rings. The normalized spacial score (nSPS) is 14.0. The molecule has 23 heavy (non-hydrogen) atoms. The summed E-state index contributed by atoms with van der Waals surface area (Å²) >= 11 is 0. The fourth-order valence-electron chi connectivity index (χ4n) is 1.56. The van der Waals surface area contributed by atoms with Gasteiger partial charge in [0.15, 0.2) is 5.78 Å². The lowest BCUT2D eigenvalue weighted by Crippen LogP contribution is -2.51. The van der Waals surface area contributed by atoms with Gasteiger partial charge in [-0.05, 0) is 20.3 Å². The number of methoxy groups -OCH3 is 1. The van der Waals surface area contributed by atoms with Crippen molar-refractivity contribution >= 4 is 23.9 Å². The largest absolute Gasteiger partial charge is 0.461 e. The van der Waals surface area contributed by atoms with Crippen molar-refractivity contribution in [3.05, 3.63) is 0 Å². The Morgan fingerprint density at radius 1 is 1.26 bits per heavy atom. The Kier molecular flexibility index (Phi) is 8.44. The molecule has 0 unspecified atom stereocenters. The summed E-state index contributed by atoms with van der Waals surface area (Å²) in [5.41, 5.74) is 0. The van der Waals surface area contributed by atoms with Crippen LogP contribution >= 0.6 is 0 Å². The summed E-state index contributed by atoms with van der Waals surface area (Å²) in [6.45, 7) is 3.04. The first-order valence-corrected chi connectivity index (χ1v) is 6.66.